The fourth-order valence-corrected chi connectivity index (χ4v) is 5.27. The number of hydrogen-bond donors (Lipinski definition) is 2. The molecule has 1 unspecified atom stereocenters. The molecule has 0 spiro atoms. The molecule has 0 fully saturated rings. The van der Waals surface area contributed by atoms with E-state index in [4.69, 9.17) is 4.74 Å². The first-order chi connectivity index (χ1) is 15.4. The van der Waals surface area contributed by atoms with Crippen molar-refractivity contribution in [2.75, 3.05) is 7.11 Å². The van der Waals surface area contributed by atoms with Crippen LogP contribution in [0.2, 0.25) is 0 Å². The largest absolute Gasteiger partial charge is 0.453 e. The first-order valence-electron chi connectivity index (χ1n) is 10.5. The topological polar surface area (TPSA) is 89.0 Å². The Labute approximate surface area is 192 Å². The Bertz CT molecular complexity index is 1200. The second-order valence-corrected chi connectivity index (χ2v) is 9.23. The summed E-state index contributed by atoms with van der Waals surface area (Å²) in [6, 6.07) is 6.62. The summed E-state index contributed by atoms with van der Waals surface area (Å²) >= 11 is 3.27. The van der Waals surface area contributed by atoms with E-state index in [1.807, 2.05) is 6.20 Å². The summed E-state index contributed by atoms with van der Waals surface area (Å²) in [4.78, 5) is 33.0. The summed E-state index contributed by atoms with van der Waals surface area (Å²) in [5, 5.41) is 2.85. The summed E-state index contributed by atoms with van der Waals surface area (Å²) in [5.74, 6) is -0.254. The predicted molar refractivity (Wildman–Crippen MR) is 119 cm³/mol. The SMILES string of the molecule is COC(=O)N[C@H]1CCc2ccn3c2C1C(=O)C[C@H](c1ncc(-c2ccc(Br)cc2F)[nH]1)C3. The fourth-order valence-electron chi connectivity index (χ4n) is 4.93. The van der Waals surface area contributed by atoms with Crippen LogP contribution in [0.3, 0.4) is 0 Å². The summed E-state index contributed by atoms with van der Waals surface area (Å²) in [6.45, 7) is 0.582. The minimum Gasteiger partial charge on any atom is -0.453 e. The number of amides is 1. The number of carbonyl (C=O) groups is 2. The quantitative estimate of drug-likeness (QED) is 0.561. The molecule has 32 heavy (non-hydrogen) atoms. The maximum atomic E-state index is 14.4. The number of H-pyrrole nitrogens is 1. The summed E-state index contributed by atoms with van der Waals surface area (Å²) in [5.41, 5.74) is 3.11. The molecule has 1 aliphatic heterocycles. The number of ketones is 1. The second kappa shape index (κ2) is 8.20. The monoisotopic (exact) mass is 500 g/mol. The van der Waals surface area contributed by atoms with Crippen molar-refractivity contribution in [3.05, 3.63) is 64.0 Å². The van der Waals surface area contributed by atoms with Crippen molar-refractivity contribution in [1.29, 1.82) is 0 Å². The summed E-state index contributed by atoms with van der Waals surface area (Å²) < 4.78 is 21.9. The maximum absolute atomic E-state index is 14.4. The third-order valence-electron chi connectivity index (χ3n) is 6.42. The number of hydrogen-bond acceptors (Lipinski definition) is 4. The highest BCUT2D eigenvalue weighted by Gasteiger charge is 2.41. The number of halogens is 2. The molecule has 0 bridgehead atoms. The number of alkyl carbamates (subject to hydrolysis) is 1. The number of nitrogens with zero attached hydrogens (tertiary/aromatic N) is 2. The molecule has 1 aromatic carbocycles. The van der Waals surface area contributed by atoms with E-state index in [-0.39, 0.29) is 30.0 Å². The minimum absolute atomic E-state index is 0.0579. The van der Waals surface area contributed by atoms with Gasteiger partial charge in [-0.05, 0) is 42.7 Å². The first-order valence-corrected chi connectivity index (χ1v) is 11.3. The lowest BCUT2D eigenvalue weighted by atomic mass is 9.79. The minimum atomic E-state index is -0.530. The Hall–Kier alpha value is -2.94. The molecular formula is C23H22BrFN4O3. The normalized spacial score (nSPS) is 22.2. The number of nitrogens with one attached hydrogen (secondary N) is 2. The van der Waals surface area contributed by atoms with E-state index in [1.54, 1.807) is 18.3 Å². The van der Waals surface area contributed by atoms with Crippen molar-refractivity contribution in [2.45, 2.75) is 43.7 Å². The molecule has 0 saturated heterocycles. The third kappa shape index (κ3) is 3.64. The lowest BCUT2D eigenvalue weighted by Gasteiger charge is -2.31. The molecule has 7 nitrogen and oxygen atoms in total. The van der Waals surface area contributed by atoms with Crippen molar-refractivity contribution in [2.24, 2.45) is 0 Å². The van der Waals surface area contributed by atoms with E-state index in [0.29, 0.717) is 34.5 Å². The molecule has 3 heterocycles. The first kappa shape index (κ1) is 20.9. The molecule has 2 aromatic heterocycles. The van der Waals surface area contributed by atoms with Crippen LogP contribution in [0.4, 0.5) is 9.18 Å². The number of imidazole rings is 1. The van der Waals surface area contributed by atoms with Gasteiger partial charge in [-0.2, -0.15) is 0 Å². The van der Waals surface area contributed by atoms with Gasteiger partial charge in [0.25, 0.3) is 0 Å². The van der Waals surface area contributed by atoms with E-state index in [0.717, 1.165) is 17.7 Å². The van der Waals surface area contributed by atoms with E-state index in [1.165, 1.54) is 13.2 Å². The van der Waals surface area contributed by atoms with Crippen LogP contribution in [0.1, 0.15) is 41.8 Å². The van der Waals surface area contributed by atoms with Crippen molar-refractivity contribution < 1.29 is 18.7 Å². The van der Waals surface area contributed by atoms with Crippen LogP contribution in [0.15, 0.2) is 41.1 Å². The number of methoxy groups -OCH3 is 1. The van der Waals surface area contributed by atoms with Gasteiger partial charge in [-0.15, -0.1) is 0 Å². The summed E-state index contributed by atoms with van der Waals surface area (Å²) in [6.07, 6.45) is 4.83. The van der Waals surface area contributed by atoms with Crippen LogP contribution in [0.5, 0.6) is 0 Å². The molecule has 9 heteroatoms. The number of Topliss-reactive ketones (excluding diaryl/α,β-unsaturated/α-hetero) is 1. The Balaban J connectivity index is 1.46. The van der Waals surface area contributed by atoms with E-state index in [2.05, 4.69) is 41.8 Å². The number of rotatable bonds is 3. The average Bonchev–Trinajstić information content (AvgIpc) is 3.37. The van der Waals surface area contributed by atoms with E-state index in [9.17, 15) is 14.0 Å². The highest BCUT2D eigenvalue weighted by atomic mass is 79.9. The van der Waals surface area contributed by atoms with Crippen molar-refractivity contribution in [1.82, 2.24) is 19.9 Å². The van der Waals surface area contributed by atoms with Gasteiger partial charge < -0.3 is 19.6 Å². The third-order valence-corrected chi connectivity index (χ3v) is 6.91. The molecule has 2 aliphatic rings. The zero-order valence-corrected chi connectivity index (χ0v) is 19.0. The van der Waals surface area contributed by atoms with Crippen LogP contribution >= 0.6 is 15.9 Å². The predicted octanol–water partition coefficient (Wildman–Crippen LogP) is 4.29. The zero-order valence-electron chi connectivity index (χ0n) is 17.4. The van der Waals surface area contributed by atoms with Gasteiger partial charge in [-0.3, -0.25) is 4.79 Å². The molecule has 1 aliphatic carbocycles. The standard InChI is InChI=1S/C23H22BrFN4O3/c1-32-23(31)28-17-5-2-12-6-7-29-11-13(8-19(30)20(17)21(12)29)22-26-10-18(27-22)15-4-3-14(24)9-16(15)25/h3-4,6-7,9-10,13,17,20H,2,5,8,11H2,1H3,(H,26,27)(H,28,31)/t13-,17-,20?/m0/s1. The Morgan fingerprint density at radius 1 is 1.38 bits per heavy atom. The average molecular weight is 501 g/mol. The van der Waals surface area contributed by atoms with E-state index < -0.39 is 12.0 Å². The Morgan fingerprint density at radius 3 is 3.00 bits per heavy atom. The van der Waals surface area contributed by atoms with Gasteiger partial charge in [0.1, 0.15) is 17.4 Å². The molecule has 5 rings (SSSR count). The van der Waals surface area contributed by atoms with Gasteiger partial charge in [-0.25, -0.2) is 14.2 Å². The number of aryl methyl sites for hydroxylation is 1. The molecule has 2 N–H and O–H groups in total. The molecule has 166 valence electrons. The van der Waals surface area contributed by atoms with Crippen LogP contribution < -0.4 is 5.32 Å². The van der Waals surface area contributed by atoms with Crippen molar-refractivity contribution in [3.63, 3.8) is 0 Å². The number of ether oxygens (including phenoxy) is 1. The number of aromatic nitrogens is 3. The lowest BCUT2D eigenvalue weighted by Crippen LogP contribution is -2.44. The maximum Gasteiger partial charge on any atom is 0.407 e. The van der Waals surface area contributed by atoms with Gasteiger partial charge in [0.2, 0.25) is 0 Å². The van der Waals surface area contributed by atoms with Crippen LogP contribution in [0.25, 0.3) is 11.3 Å². The van der Waals surface area contributed by atoms with Gasteiger partial charge in [0.15, 0.2) is 0 Å². The number of aromatic amines is 1. The van der Waals surface area contributed by atoms with Crippen molar-refractivity contribution in [3.8, 4) is 11.3 Å². The highest BCUT2D eigenvalue weighted by molar-refractivity contribution is 9.10. The molecular weight excluding hydrogens is 479 g/mol. The van der Waals surface area contributed by atoms with Crippen LogP contribution in [-0.4, -0.2) is 39.6 Å². The Kier molecular flexibility index (Phi) is 5.36. The molecule has 3 aromatic rings. The molecule has 1 amide bonds. The zero-order chi connectivity index (χ0) is 22.4. The molecule has 0 radical (unpaired) electrons. The van der Waals surface area contributed by atoms with Gasteiger partial charge >= 0.3 is 6.09 Å². The molecule has 0 saturated carbocycles. The van der Waals surface area contributed by atoms with Crippen LogP contribution in [0, 0.1) is 5.82 Å². The number of benzene rings is 1. The molecule has 3 atom stereocenters. The number of carbonyl (C=O) groups excluding carboxylic acids is 2. The van der Waals surface area contributed by atoms with E-state index >= 15 is 0 Å². The van der Waals surface area contributed by atoms with Gasteiger partial charge in [-0.1, -0.05) is 15.9 Å². The van der Waals surface area contributed by atoms with Gasteiger partial charge in [0, 0.05) is 46.9 Å². The van der Waals surface area contributed by atoms with Crippen molar-refractivity contribution >= 4 is 27.8 Å². The fraction of sp³-hybridized carbons (Fsp3) is 0.348. The second-order valence-electron chi connectivity index (χ2n) is 8.31. The Morgan fingerprint density at radius 2 is 2.22 bits per heavy atom. The summed E-state index contributed by atoms with van der Waals surface area (Å²) in [7, 11) is 1.32. The highest BCUT2D eigenvalue weighted by Crippen LogP contribution is 2.40. The lowest BCUT2D eigenvalue weighted by molar-refractivity contribution is -0.121. The van der Waals surface area contributed by atoms with Crippen LogP contribution in [-0.2, 0) is 22.5 Å². The van der Waals surface area contributed by atoms with Gasteiger partial charge in [0.05, 0.1) is 24.9 Å². The smallest absolute Gasteiger partial charge is 0.407 e.